The van der Waals surface area contributed by atoms with Crippen molar-refractivity contribution in [2.75, 3.05) is 45.2 Å². The van der Waals surface area contributed by atoms with Crippen molar-refractivity contribution in [1.29, 1.82) is 0 Å². The molecule has 0 aliphatic carbocycles. The Labute approximate surface area is 172 Å². The quantitative estimate of drug-likeness (QED) is 0.783. The highest BCUT2D eigenvalue weighted by molar-refractivity contribution is 5.93. The Bertz CT molecular complexity index is 819. The number of morpholine rings is 1. The van der Waals surface area contributed by atoms with E-state index in [1.54, 1.807) is 0 Å². The zero-order chi connectivity index (χ0) is 20.6. The Morgan fingerprint density at radius 2 is 1.72 bits per heavy atom. The van der Waals surface area contributed by atoms with Gasteiger partial charge in [0.25, 0.3) is 0 Å². The van der Waals surface area contributed by atoms with Gasteiger partial charge in [-0.25, -0.2) is 0 Å². The summed E-state index contributed by atoms with van der Waals surface area (Å²) in [4.78, 5) is 29.6. The van der Waals surface area contributed by atoms with Crippen LogP contribution in [0.1, 0.15) is 24.1 Å². The van der Waals surface area contributed by atoms with Crippen LogP contribution in [0.25, 0.3) is 0 Å². The van der Waals surface area contributed by atoms with E-state index in [0.717, 1.165) is 23.2 Å². The summed E-state index contributed by atoms with van der Waals surface area (Å²) in [5.41, 5.74) is 2.80. The van der Waals surface area contributed by atoms with Crippen molar-refractivity contribution in [1.82, 2.24) is 9.80 Å². The summed E-state index contributed by atoms with van der Waals surface area (Å²) in [7, 11) is 1.82. The number of likely N-dealkylation sites (N-methyl/N-ethyl adjacent to an activating group) is 1. The van der Waals surface area contributed by atoms with Crippen molar-refractivity contribution < 1.29 is 14.3 Å². The summed E-state index contributed by atoms with van der Waals surface area (Å²) in [6.07, 6.45) is 0.842. The van der Waals surface area contributed by atoms with Crippen molar-refractivity contribution in [3.8, 4) is 0 Å². The van der Waals surface area contributed by atoms with Crippen molar-refractivity contribution >= 4 is 17.5 Å². The molecule has 29 heavy (non-hydrogen) atoms. The lowest BCUT2D eigenvalue weighted by Gasteiger charge is -2.34. The Hall–Kier alpha value is -2.70. The minimum Gasteiger partial charge on any atom is -0.378 e. The molecule has 1 atom stereocenters. The number of carbonyl (C=O) groups excluding carboxylic acids is 2. The zero-order valence-electron chi connectivity index (χ0n) is 17.1. The molecule has 0 saturated carbocycles. The molecule has 2 aromatic carbocycles. The second-order valence-electron chi connectivity index (χ2n) is 7.22. The van der Waals surface area contributed by atoms with Gasteiger partial charge in [0.15, 0.2) is 0 Å². The third-order valence-electron chi connectivity index (χ3n) is 5.18. The number of para-hydroxylation sites is 1. The molecular weight excluding hydrogens is 366 g/mol. The number of aryl methyl sites for hydroxylation is 1. The lowest BCUT2D eigenvalue weighted by Crippen LogP contribution is -2.48. The molecule has 3 rings (SSSR count). The Kier molecular flexibility index (Phi) is 7.38. The van der Waals surface area contributed by atoms with Crippen LogP contribution in [0.15, 0.2) is 54.6 Å². The first-order valence-corrected chi connectivity index (χ1v) is 10.1. The summed E-state index contributed by atoms with van der Waals surface area (Å²) in [5.74, 6) is -0.132. The van der Waals surface area contributed by atoms with Crippen LogP contribution in [0.2, 0.25) is 0 Å². The van der Waals surface area contributed by atoms with Crippen molar-refractivity contribution in [3.63, 3.8) is 0 Å². The van der Waals surface area contributed by atoms with Crippen molar-refractivity contribution in [2.45, 2.75) is 19.4 Å². The van der Waals surface area contributed by atoms with E-state index in [0.29, 0.717) is 26.3 Å². The van der Waals surface area contributed by atoms with Crippen LogP contribution in [0.3, 0.4) is 0 Å². The van der Waals surface area contributed by atoms with Gasteiger partial charge in [0.1, 0.15) is 6.04 Å². The van der Waals surface area contributed by atoms with Crippen LogP contribution in [-0.2, 0) is 20.7 Å². The third-order valence-corrected chi connectivity index (χ3v) is 5.18. The molecule has 0 bridgehead atoms. The van der Waals surface area contributed by atoms with E-state index in [1.807, 2.05) is 71.4 Å². The number of benzene rings is 2. The fourth-order valence-electron chi connectivity index (χ4n) is 3.64. The lowest BCUT2D eigenvalue weighted by atomic mass is 10.0. The van der Waals surface area contributed by atoms with Gasteiger partial charge in [0.05, 0.1) is 19.8 Å². The average Bonchev–Trinajstić information content (AvgIpc) is 2.75. The monoisotopic (exact) mass is 395 g/mol. The van der Waals surface area contributed by atoms with E-state index < -0.39 is 6.04 Å². The molecule has 1 heterocycles. The maximum Gasteiger partial charge on any atom is 0.244 e. The van der Waals surface area contributed by atoms with Crippen molar-refractivity contribution in [3.05, 3.63) is 65.7 Å². The number of ether oxygens (including phenoxy) is 1. The first-order chi connectivity index (χ1) is 14.1. The van der Waals surface area contributed by atoms with E-state index in [2.05, 4.69) is 12.2 Å². The summed E-state index contributed by atoms with van der Waals surface area (Å²) in [6.45, 7) is 4.42. The number of anilines is 1. The summed E-state index contributed by atoms with van der Waals surface area (Å²) in [5, 5.41) is 2.99. The molecule has 0 spiro atoms. The van der Waals surface area contributed by atoms with Gasteiger partial charge in [-0.15, -0.1) is 0 Å². The van der Waals surface area contributed by atoms with Crippen LogP contribution >= 0.6 is 0 Å². The Morgan fingerprint density at radius 1 is 1.07 bits per heavy atom. The standard InChI is InChI=1S/C23H29N3O3/c1-3-18-9-7-8-12-20(18)24-21(27)17-25(2)22(19-10-5-4-6-11-19)23(28)26-13-15-29-16-14-26/h4-12,22H,3,13-17H2,1-2H3,(H,24,27)/t22-/m1/s1. The average molecular weight is 396 g/mol. The minimum atomic E-state index is -0.513. The largest absolute Gasteiger partial charge is 0.378 e. The smallest absolute Gasteiger partial charge is 0.244 e. The zero-order valence-corrected chi connectivity index (χ0v) is 17.1. The molecule has 1 N–H and O–H groups in total. The van der Waals surface area contributed by atoms with Crippen molar-refractivity contribution in [2.24, 2.45) is 0 Å². The molecule has 2 amide bonds. The molecule has 0 radical (unpaired) electrons. The van der Waals surface area contributed by atoms with E-state index >= 15 is 0 Å². The highest BCUT2D eigenvalue weighted by Crippen LogP contribution is 2.23. The highest BCUT2D eigenvalue weighted by Gasteiger charge is 2.31. The normalized spacial score (nSPS) is 15.2. The lowest BCUT2D eigenvalue weighted by molar-refractivity contribution is -0.141. The van der Waals surface area contributed by atoms with Crippen LogP contribution in [0, 0.1) is 0 Å². The Morgan fingerprint density at radius 3 is 2.41 bits per heavy atom. The fraction of sp³-hybridized carbons (Fsp3) is 0.391. The second kappa shape index (κ2) is 10.2. The van der Waals surface area contributed by atoms with Crippen LogP contribution in [0.5, 0.6) is 0 Å². The maximum absolute atomic E-state index is 13.3. The van der Waals surface area contributed by atoms with Gasteiger partial charge in [-0.2, -0.15) is 0 Å². The maximum atomic E-state index is 13.3. The van der Waals surface area contributed by atoms with E-state index in [-0.39, 0.29) is 18.4 Å². The summed E-state index contributed by atoms with van der Waals surface area (Å²) in [6, 6.07) is 16.9. The number of rotatable bonds is 7. The predicted molar refractivity (Wildman–Crippen MR) is 114 cm³/mol. The minimum absolute atomic E-state index is 0.00348. The third kappa shape index (κ3) is 5.43. The predicted octanol–water partition coefficient (Wildman–Crippen LogP) is 2.72. The van der Waals surface area contributed by atoms with Gasteiger partial charge in [-0.05, 0) is 30.7 Å². The van der Waals surface area contributed by atoms with Gasteiger partial charge in [-0.1, -0.05) is 55.5 Å². The highest BCUT2D eigenvalue weighted by atomic mass is 16.5. The number of hydrogen-bond donors (Lipinski definition) is 1. The van der Waals surface area contributed by atoms with E-state index in [9.17, 15) is 9.59 Å². The van der Waals surface area contributed by atoms with Gasteiger partial charge < -0.3 is 15.0 Å². The molecule has 0 aromatic heterocycles. The number of carbonyl (C=O) groups is 2. The molecule has 2 aromatic rings. The molecule has 6 heteroatoms. The molecule has 154 valence electrons. The number of nitrogens with one attached hydrogen (secondary N) is 1. The molecule has 6 nitrogen and oxygen atoms in total. The molecule has 0 unspecified atom stereocenters. The SMILES string of the molecule is CCc1ccccc1NC(=O)CN(C)[C@@H](C(=O)N1CCOCC1)c1ccccc1. The topological polar surface area (TPSA) is 61.9 Å². The van der Waals surface area contributed by atoms with Gasteiger partial charge in [-0.3, -0.25) is 14.5 Å². The molecule has 1 saturated heterocycles. The molecule has 1 aliphatic heterocycles. The number of amides is 2. The molecule has 1 fully saturated rings. The van der Waals surface area contributed by atoms with E-state index in [1.165, 1.54) is 0 Å². The molecule has 1 aliphatic rings. The fourth-order valence-corrected chi connectivity index (χ4v) is 3.64. The van der Waals surface area contributed by atoms with Crippen LogP contribution in [0.4, 0.5) is 5.69 Å². The molecular formula is C23H29N3O3. The Balaban J connectivity index is 1.74. The van der Waals surface area contributed by atoms with Crippen LogP contribution < -0.4 is 5.32 Å². The first-order valence-electron chi connectivity index (χ1n) is 10.1. The second-order valence-corrected chi connectivity index (χ2v) is 7.22. The first kappa shape index (κ1) is 21.0. The van der Waals surface area contributed by atoms with Gasteiger partial charge in [0.2, 0.25) is 11.8 Å². The van der Waals surface area contributed by atoms with Gasteiger partial charge >= 0.3 is 0 Å². The van der Waals surface area contributed by atoms with Gasteiger partial charge in [0, 0.05) is 18.8 Å². The number of hydrogen-bond acceptors (Lipinski definition) is 4. The van der Waals surface area contributed by atoms with Crippen LogP contribution in [-0.4, -0.2) is 61.5 Å². The number of nitrogens with zero attached hydrogens (tertiary/aromatic N) is 2. The summed E-state index contributed by atoms with van der Waals surface area (Å²) < 4.78 is 5.38. The summed E-state index contributed by atoms with van der Waals surface area (Å²) >= 11 is 0. The van der Waals surface area contributed by atoms with E-state index in [4.69, 9.17) is 4.74 Å².